The van der Waals surface area contributed by atoms with Gasteiger partial charge in [-0.2, -0.15) is 0 Å². The van der Waals surface area contributed by atoms with Gasteiger partial charge in [-0.25, -0.2) is 4.79 Å². The zero-order chi connectivity index (χ0) is 7.44. The molecule has 0 aliphatic rings. The number of carbonyl (C=O) groups is 1. The number of hydrogen-bond acceptors (Lipinski definition) is 1. The first-order valence-electron chi connectivity index (χ1n) is 2.23. The van der Waals surface area contributed by atoms with Gasteiger partial charge in [-0.3, -0.25) is 0 Å². The molecule has 0 aromatic rings. The Bertz CT molecular complexity index is 140. The maximum Gasteiger partial charge on any atom is 0.328 e. The van der Waals surface area contributed by atoms with Gasteiger partial charge in [-0.05, 0) is 12.5 Å². The number of rotatable bonds is 2. The van der Waals surface area contributed by atoms with E-state index in [1.807, 2.05) is 0 Å². The van der Waals surface area contributed by atoms with Crippen LogP contribution in [0.5, 0.6) is 0 Å². The number of halogens is 2. The molecular formula is C5H6Cl2O2. The van der Waals surface area contributed by atoms with E-state index in [4.69, 9.17) is 28.3 Å². The molecule has 0 aromatic heterocycles. The minimum atomic E-state index is -1.03. The number of aliphatic carboxylic acids is 1. The van der Waals surface area contributed by atoms with Gasteiger partial charge in [0.25, 0.3) is 0 Å². The predicted molar refractivity (Wildman–Crippen MR) is 36.9 cm³/mol. The average Bonchev–Trinajstić information content (AvgIpc) is 1.63. The Balaban J connectivity index is 4.00. The first kappa shape index (κ1) is 8.79. The zero-order valence-electron chi connectivity index (χ0n) is 4.77. The Morgan fingerprint density at radius 3 is 2.22 bits per heavy atom. The maximum absolute atomic E-state index is 9.92. The van der Waals surface area contributed by atoms with Crippen LogP contribution >= 0.6 is 23.2 Å². The van der Waals surface area contributed by atoms with Crippen LogP contribution in [-0.2, 0) is 4.79 Å². The molecule has 0 heterocycles. The maximum atomic E-state index is 9.92. The van der Waals surface area contributed by atoms with E-state index >= 15 is 0 Å². The summed E-state index contributed by atoms with van der Waals surface area (Å²) in [5.41, 5.74) is 0.436. The molecule has 0 saturated carbocycles. The summed E-state index contributed by atoms with van der Waals surface area (Å²) in [5, 5.41) is 8.14. The summed E-state index contributed by atoms with van der Waals surface area (Å²) in [6.45, 7) is 1.55. The highest BCUT2D eigenvalue weighted by atomic mass is 35.5. The molecule has 0 aromatic carbocycles. The molecule has 0 radical (unpaired) electrons. The zero-order valence-corrected chi connectivity index (χ0v) is 6.28. The number of allylic oxidation sites excluding steroid dienone is 1. The Morgan fingerprint density at radius 2 is 2.11 bits per heavy atom. The third-order valence-corrected chi connectivity index (χ3v) is 1.38. The summed E-state index contributed by atoms with van der Waals surface area (Å²) in [6, 6.07) is 0. The van der Waals surface area contributed by atoms with Crippen molar-refractivity contribution >= 4 is 29.2 Å². The van der Waals surface area contributed by atoms with Crippen LogP contribution in [0.2, 0.25) is 0 Å². The van der Waals surface area contributed by atoms with Crippen LogP contribution < -0.4 is 0 Å². The summed E-state index contributed by atoms with van der Waals surface area (Å²) in [5.74, 6) is -1.03. The molecule has 4 heteroatoms. The van der Waals surface area contributed by atoms with Crippen LogP contribution in [-0.4, -0.2) is 15.9 Å². The van der Waals surface area contributed by atoms with Crippen molar-refractivity contribution in [2.24, 2.45) is 0 Å². The molecule has 0 aliphatic heterocycles. The van der Waals surface area contributed by atoms with E-state index in [2.05, 4.69) is 0 Å². The lowest BCUT2D eigenvalue weighted by molar-refractivity contribution is -0.131. The van der Waals surface area contributed by atoms with E-state index < -0.39 is 10.8 Å². The summed E-state index contributed by atoms with van der Waals surface area (Å²) in [6.07, 6.45) is 0.977. The highest BCUT2D eigenvalue weighted by Crippen LogP contribution is 2.12. The van der Waals surface area contributed by atoms with Crippen molar-refractivity contribution in [3.05, 3.63) is 11.6 Å². The average molecular weight is 169 g/mol. The normalized spacial score (nSPS) is 12.2. The monoisotopic (exact) mass is 168 g/mol. The van der Waals surface area contributed by atoms with E-state index in [-0.39, 0.29) is 0 Å². The van der Waals surface area contributed by atoms with Crippen LogP contribution in [0.25, 0.3) is 0 Å². The second-order valence-corrected chi connectivity index (χ2v) is 2.62. The third-order valence-electron chi connectivity index (χ3n) is 0.695. The number of carboxylic acids is 1. The topological polar surface area (TPSA) is 37.3 Å². The van der Waals surface area contributed by atoms with E-state index in [1.54, 1.807) is 6.92 Å². The molecule has 0 fully saturated rings. The molecule has 0 spiro atoms. The Kier molecular flexibility index (Phi) is 3.66. The molecule has 0 saturated heterocycles. The first-order valence-corrected chi connectivity index (χ1v) is 3.10. The van der Waals surface area contributed by atoms with Crippen LogP contribution in [0.1, 0.15) is 6.92 Å². The minimum Gasteiger partial charge on any atom is -0.478 e. The molecule has 2 nitrogen and oxygen atoms in total. The second kappa shape index (κ2) is 3.75. The molecule has 0 rings (SSSR count). The lowest BCUT2D eigenvalue weighted by Gasteiger charge is -1.96. The van der Waals surface area contributed by atoms with Crippen molar-refractivity contribution in [1.29, 1.82) is 0 Å². The van der Waals surface area contributed by atoms with Crippen molar-refractivity contribution < 1.29 is 9.90 Å². The van der Waals surface area contributed by atoms with Gasteiger partial charge in [0, 0.05) is 6.08 Å². The fourth-order valence-corrected chi connectivity index (χ4v) is 0.384. The van der Waals surface area contributed by atoms with Crippen molar-refractivity contribution in [2.45, 2.75) is 11.8 Å². The second-order valence-electron chi connectivity index (χ2n) is 1.53. The Hall–Kier alpha value is -0.210. The largest absolute Gasteiger partial charge is 0.478 e. The molecule has 0 unspecified atom stereocenters. The number of hydrogen-bond donors (Lipinski definition) is 1. The van der Waals surface area contributed by atoms with Gasteiger partial charge in [0.1, 0.15) is 4.84 Å². The molecule has 9 heavy (non-hydrogen) atoms. The number of alkyl halides is 2. The van der Waals surface area contributed by atoms with Crippen LogP contribution in [0.4, 0.5) is 0 Å². The van der Waals surface area contributed by atoms with E-state index in [9.17, 15) is 4.79 Å². The predicted octanol–water partition coefficient (Wildman–Crippen LogP) is 1.82. The Morgan fingerprint density at radius 1 is 1.67 bits per heavy atom. The van der Waals surface area contributed by atoms with Crippen LogP contribution in [0.3, 0.4) is 0 Å². The molecule has 52 valence electrons. The molecule has 1 N–H and O–H groups in total. The molecular weight excluding hydrogens is 163 g/mol. The third kappa shape index (κ3) is 4.30. The van der Waals surface area contributed by atoms with Gasteiger partial charge < -0.3 is 5.11 Å². The minimum absolute atomic E-state index is 0.436. The van der Waals surface area contributed by atoms with Crippen molar-refractivity contribution in [3.8, 4) is 0 Å². The quantitative estimate of drug-likeness (QED) is 0.505. The van der Waals surface area contributed by atoms with Gasteiger partial charge in [0.15, 0.2) is 0 Å². The van der Waals surface area contributed by atoms with Gasteiger partial charge in [0.2, 0.25) is 0 Å². The summed E-state index contributed by atoms with van der Waals surface area (Å²) in [7, 11) is 0. The van der Waals surface area contributed by atoms with E-state index in [0.29, 0.717) is 5.57 Å². The fraction of sp³-hybridized carbons (Fsp3) is 0.400. The van der Waals surface area contributed by atoms with Crippen molar-refractivity contribution in [1.82, 2.24) is 0 Å². The lowest BCUT2D eigenvalue weighted by Crippen LogP contribution is -1.94. The SMILES string of the molecule is CC(=CC(=O)O)C(Cl)Cl. The first-order chi connectivity index (χ1) is 4.04. The van der Waals surface area contributed by atoms with Crippen molar-refractivity contribution in [2.75, 3.05) is 0 Å². The standard InChI is InChI=1S/C5H6Cl2O2/c1-3(5(6)7)2-4(8)9/h2,5H,1H3,(H,8,9). The summed E-state index contributed by atoms with van der Waals surface area (Å²) < 4.78 is 0. The van der Waals surface area contributed by atoms with E-state index in [1.165, 1.54) is 0 Å². The van der Waals surface area contributed by atoms with Gasteiger partial charge in [-0.15, -0.1) is 23.2 Å². The lowest BCUT2D eigenvalue weighted by atomic mass is 10.3. The van der Waals surface area contributed by atoms with Crippen LogP contribution in [0, 0.1) is 0 Å². The molecule has 0 aliphatic carbocycles. The smallest absolute Gasteiger partial charge is 0.328 e. The molecule has 0 bridgehead atoms. The van der Waals surface area contributed by atoms with Crippen molar-refractivity contribution in [3.63, 3.8) is 0 Å². The van der Waals surface area contributed by atoms with Crippen LogP contribution in [0.15, 0.2) is 11.6 Å². The van der Waals surface area contributed by atoms with Gasteiger partial charge >= 0.3 is 5.97 Å². The highest BCUT2D eigenvalue weighted by molar-refractivity contribution is 6.46. The number of carboxylic acid groups (broad SMARTS) is 1. The summed E-state index contributed by atoms with van der Waals surface area (Å²) in [4.78, 5) is 9.20. The van der Waals surface area contributed by atoms with Gasteiger partial charge in [0.05, 0.1) is 0 Å². The Labute approximate surface area is 63.1 Å². The summed E-state index contributed by atoms with van der Waals surface area (Å²) >= 11 is 10.6. The van der Waals surface area contributed by atoms with E-state index in [0.717, 1.165) is 6.08 Å². The molecule has 0 atom stereocenters. The van der Waals surface area contributed by atoms with Gasteiger partial charge in [-0.1, -0.05) is 0 Å². The highest BCUT2D eigenvalue weighted by Gasteiger charge is 2.01. The molecule has 0 amide bonds. The fourth-order valence-electron chi connectivity index (χ4n) is 0.258.